The van der Waals surface area contributed by atoms with Gasteiger partial charge in [-0.2, -0.15) is 0 Å². The third-order valence-electron chi connectivity index (χ3n) is 2.37. The minimum atomic E-state index is 0.0584. The average Bonchev–Trinajstić information content (AvgIpc) is 3.07. The summed E-state index contributed by atoms with van der Waals surface area (Å²) < 4.78 is 13.1. The first-order chi connectivity index (χ1) is 7.72. The Kier molecular flexibility index (Phi) is 4.05. The van der Waals surface area contributed by atoms with E-state index < -0.39 is 0 Å². The first-order valence-electron chi connectivity index (χ1n) is 5.05. The largest absolute Gasteiger partial charge is 0.486 e. The molecule has 0 aliphatic carbocycles. The van der Waals surface area contributed by atoms with Crippen molar-refractivity contribution in [2.45, 2.75) is 18.6 Å². The fourth-order valence-corrected chi connectivity index (χ4v) is 2.15. The van der Waals surface area contributed by atoms with Gasteiger partial charge in [-0.3, -0.25) is 0 Å². The maximum absolute atomic E-state index is 5.92. The molecule has 86 valence electrons. The van der Waals surface area contributed by atoms with Crippen molar-refractivity contribution in [2.75, 3.05) is 6.61 Å². The molecule has 1 aliphatic rings. The Balaban J connectivity index is 2.11. The molecule has 1 aromatic rings. The van der Waals surface area contributed by atoms with Crippen molar-refractivity contribution in [2.24, 2.45) is 0 Å². The van der Waals surface area contributed by atoms with Gasteiger partial charge >= 0.3 is 0 Å². The van der Waals surface area contributed by atoms with Gasteiger partial charge in [0, 0.05) is 10.9 Å². The maximum Gasteiger partial charge on any atom is 0.135 e. The summed E-state index contributed by atoms with van der Waals surface area (Å²) in [7, 11) is 0. The van der Waals surface area contributed by atoms with E-state index in [0.717, 1.165) is 27.7 Å². The SMILES string of the molecule is C=CCC(Oc1cccc(Br)c1Br)C1CO1. The van der Waals surface area contributed by atoms with Gasteiger partial charge in [0.1, 0.15) is 18.0 Å². The van der Waals surface area contributed by atoms with Gasteiger partial charge in [0.25, 0.3) is 0 Å². The van der Waals surface area contributed by atoms with Crippen LogP contribution in [0.25, 0.3) is 0 Å². The molecule has 0 saturated carbocycles. The van der Waals surface area contributed by atoms with Gasteiger partial charge in [-0.25, -0.2) is 0 Å². The van der Waals surface area contributed by atoms with Crippen LogP contribution in [-0.4, -0.2) is 18.8 Å². The van der Waals surface area contributed by atoms with Crippen molar-refractivity contribution in [3.63, 3.8) is 0 Å². The van der Waals surface area contributed by atoms with Gasteiger partial charge in [-0.05, 0) is 44.0 Å². The van der Waals surface area contributed by atoms with Crippen LogP contribution in [-0.2, 0) is 4.74 Å². The topological polar surface area (TPSA) is 21.8 Å². The highest BCUT2D eigenvalue weighted by Gasteiger charge is 2.34. The quantitative estimate of drug-likeness (QED) is 0.594. The number of hydrogen-bond donors (Lipinski definition) is 0. The summed E-state index contributed by atoms with van der Waals surface area (Å²) in [5, 5.41) is 0. The molecule has 1 aromatic carbocycles. The van der Waals surface area contributed by atoms with Crippen molar-refractivity contribution in [3.8, 4) is 5.75 Å². The minimum absolute atomic E-state index is 0.0584. The van der Waals surface area contributed by atoms with Crippen molar-refractivity contribution in [3.05, 3.63) is 39.8 Å². The molecule has 0 amide bonds. The van der Waals surface area contributed by atoms with Gasteiger partial charge in [-0.1, -0.05) is 12.1 Å². The Morgan fingerprint density at radius 2 is 2.31 bits per heavy atom. The van der Waals surface area contributed by atoms with E-state index in [9.17, 15) is 0 Å². The highest BCUT2D eigenvalue weighted by molar-refractivity contribution is 9.13. The monoisotopic (exact) mass is 346 g/mol. The first kappa shape index (κ1) is 12.1. The molecule has 0 radical (unpaired) electrons. The minimum Gasteiger partial charge on any atom is -0.486 e. The van der Waals surface area contributed by atoms with Crippen LogP contribution in [0.3, 0.4) is 0 Å². The number of halogens is 2. The lowest BCUT2D eigenvalue weighted by atomic mass is 10.2. The lowest BCUT2D eigenvalue weighted by Crippen LogP contribution is -2.22. The fraction of sp³-hybridized carbons (Fsp3) is 0.333. The molecule has 1 saturated heterocycles. The lowest BCUT2D eigenvalue weighted by molar-refractivity contribution is 0.161. The van der Waals surface area contributed by atoms with Crippen LogP contribution in [0.15, 0.2) is 39.8 Å². The van der Waals surface area contributed by atoms with Gasteiger partial charge in [0.15, 0.2) is 0 Å². The summed E-state index contributed by atoms with van der Waals surface area (Å²) in [5.41, 5.74) is 0. The lowest BCUT2D eigenvalue weighted by Gasteiger charge is -2.17. The van der Waals surface area contributed by atoms with Crippen molar-refractivity contribution in [1.82, 2.24) is 0 Å². The van der Waals surface area contributed by atoms with Gasteiger partial charge in [0.2, 0.25) is 0 Å². The predicted octanol–water partition coefficient (Wildman–Crippen LogP) is 3.93. The second-order valence-corrected chi connectivity index (χ2v) is 5.25. The molecular weight excluding hydrogens is 336 g/mol. The predicted molar refractivity (Wildman–Crippen MR) is 70.8 cm³/mol. The molecular formula is C12H12Br2O2. The molecule has 4 heteroatoms. The van der Waals surface area contributed by atoms with Crippen LogP contribution in [0.2, 0.25) is 0 Å². The Morgan fingerprint density at radius 3 is 2.94 bits per heavy atom. The Hall–Kier alpha value is -0.320. The summed E-state index contributed by atoms with van der Waals surface area (Å²) in [6.45, 7) is 4.52. The standard InChI is InChI=1S/C12H12Br2O2/c1-2-4-9(11-7-15-11)16-10-6-3-5-8(13)12(10)14/h2-3,5-6,9,11H,1,4,7H2. The molecule has 0 N–H and O–H groups in total. The maximum atomic E-state index is 5.92. The Morgan fingerprint density at radius 1 is 1.56 bits per heavy atom. The van der Waals surface area contributed by atoms with E-state index in [1.165, 1.54) is 0 Å². The van der Waals surface area contributed by atoms with Crippen molar-refractivity contribution >= 4 is 31.9 Å². The zero-order chi connectivity index (χ0) is 11.5. The summed E-state index contributed by atoms with van der Waals surface area (Å²) in [5.74, 6) is 0.830. The molecule has 2 atom stereocenters. The molecule has 1 heterocycles. The van der Waals surface area contributed by atoms with E-state index in [0.29, 0.717) is 0 Å². The van der Waals surface area contributed by atoms with Crippen LogP contribution in [0.5, 0.6) is 5.75 Å². The number of epoxide rings is 1. The van der Waals surface area contributed by atoms with Crippen molar-refractivity contribution in [1.29, 1.82) is 0 Å². The normalized spacial score (nSPS) is 20.2. The number of rotatable bonds is 5. The molecule has 1 fully saturated rings. The van der Waals surface area contributed by atoms with Gasteiger partial charge in [-0.15, -0.1) is 6.58 Å². The summed E-state index contributed by atoms with van der Waals surface area (Å²) >= 11 is 6.94. The molecule has 1 aliphatic heterocycles. The highest BCUT2D eigenvalue weighted by Crippen LogP contribution is 2.34. The Bertz CT molecular complexity index is 389. The molecule has 2 rings (SSSR count). The van der Waals surface area contributed by atoms with E-state index in [4.69, 9.17) is 9.47 Å². The van der Waals surface area contributed by atoms with Gasteiger partial charge in [0.05, 0.1) is 11.1 Å². The molecule has 0 spiro atoms. The van der Waals surface area contributed by atoms with Crippen LogP contribution in [0.1, 0.15) is 6.42 Å². The molecule has 0 aromatic heterocycles. The zero-order valence-corrected chi connectivity index (χ0v) is 11.8. The van der Waals surface area contributed by atoms with Crippen molar-refractivity contribution < 1.29 is 9.47 Å². The molecule has 2 nitrogen and oxygen atoms in total. The van der Waals surface area contributed by atoms with E-state index in [1.54, 1.807) is 0 Å². The first-order valence-corrected chi connectivity index (χ1v) is 6.64. The smallest absolute Gasteiger partial charge is 0.135 e. The summed E-state index contributed by atoms with van der Waals surface area (Å²) in [6, 6.07) is 5.85. The second kappa shape index (κ2) is 5.34. The zero-order valence-electron chi connectivity index (χ0n) is 8.66. The fourth-order valence-electron chi connectivity index (χ4n) is 1.45. The van der Waals surface area contributed by atoms with Crippen LogP contribution in [0, 0.1) is 0 Å². The molecule has 0 bridgehead atoms. The molecule has 2 unspecified atom stereocenters. The van der Waals surface area contributed by atoms with Crippen LogP contribution < -0.4 is 4.74 Å². The number of benzene rings is 1. The van der Waals surface area contributed by atoms with E-state index in [-0.39, 0.29) is 12.2 Å². The number of ether oxygens (including phenoxy) is 2. The van der Waals surface area contributed by atoms with Gasteiger partial charge < -0.3 is 9.47 Å². The second-order valence-electron chi connectivity index (χ2n) is 3.60. The average molecular weight is 348 g/mol. The highest BCUT2D eigenvalue weighted by atomic mass is 79.9. The van der Waals surface area contributed by atoms with E-state index in [1.807, 2.05) is 24.3 Å². The summed E-state index contributed by atoms with van der Waals surface area (Å²) in [4.78, 5) is 0. The third-order valence-corrected chi connectivity index (χ3v) is 4.38. The third kappa shape index (κ3) is 2.87. The van der Waals surface area contributed by atoms with E-state index in [2.05, 4.69) is 38.4 Å². The molecule has 16 heavy (non-hydrogen) atoms. The van der Waals surface area contributed by atoms with E-state index >= 15 is 0 Å². The number of hydrogen-bond acceptors (Lipinski definition) is 2. The summed E-state index contributed by atoms with van der Waals surface area (Å²) in [6.07, 6.45) is 2.92. The Labute approximate surface area is 112 Å². The van der Waals surface area contributed by atoms with Crippen LogP contribution in [0.4, 0.5) is 0 Å². The van der Waals surface area contributed by atoms with Crippen LogP contribution >= 0.6 is 31.9 Å².